The highest BCUT2D eigenvalue weighted by Gasteiger charge is 2.19. The molecule has 12 nitrogen and oxygen atoms in total. The van der Waals surface area contributed by atoms with Crippen LogP contribution in [-0.2, 0) is 41.4 Å². The molecule has 0 fully saturated rings. The zero-order valence-electron chi connectivity index (χ0n) is 30.4. The molecular formula is C40H44N4O8. The molecule has 0 amide bonds. The second-order valence-electron chi connectivity index (χ2n) is 12.4. The van der Waals surface area contributed by atoms with Gasteiger partial charge >= 0.3 is 24.2 Å². The molecule has 0 saturated heterocycles. The number of nitrogens with one attached hydrogen (secondary N) is 4. The van der Waals surface area contributed by atoms with Crippen molar-refractivity contribution >= 4 is 60.7 Å². The van der Waals surface area contributed by atoms with Crippen molar-refractivity contribution < 1.29 is 38.1 Å². The molecule has 1 aliphatic heterocycles. The second kappa shape index (κ2) is 15.9. The predicted molar refractivity (Wildman–Crippen MR) is 198 cm³/mol. The summed E-state index contributed by atoms with van der Waals surface area (Å²) in [7, 11) is 0. The van der Waals surface area contributed by atoms with Crippen LogP contribution in [0.4, 0.5) is 9.59 Å². The molecule has 272 valence electrons. The molecule has 4 N–H and O–H groups in total. The summed E-state index contributed by atoms with van der Waals surface area (Å²) in [5.41, 5.74) is 10.6. The molecule has 5 heterocycles. The molecule has 4 aromatic rings. The molecule has 52 heavy (non-hydrogen) atoms. The van der Waals surface area contributed by atoms with E-state index in [-0.39, 0.29) is 38.9 Å². The summed E-state index contributed by atoms with van der Waals surface area (Å²) < 4.78 is 19.2. The van der Waals surface area contributed by atoms with Crippen LogP contribution >= 0.6 is 0 Å². The molecule has 0 atom stereocenters. The number of esters is 2. The highest BCUT2D eigenvalue weighted by atomic mass is 16.7. The van der Waals surface area contributed by atoms with E-state index < -0.39 is 24.2 Å². The topological polar surface area (TPSA) is 168 Å². The number of rotatable bonds is 10. The number of ether oxygens (including phenoxy) is 4. The van der Waals surface area contributed by atoms with Crippen LogP contribution in [0.5, 0.6) is 0 Å². The Labute approximate surface area is 300 Å². The second-order valence-corrected chi connectivity index (χ2v) is 12.4. The van der Waals surface area contributed by atoms with Gasteiger partial charge in [-0.3, -0.25) is 9.59 Å². The van der Waals surface area contributed by atoms with Crippen molar-refractivity contribution in [2.45, 2.75) is 67.2 Å². The van der Waals surface area contributed by atoms with Gasteiger partial charge in [-0.25, -0.2) is 9.59 Å². The minimum absolute atomic E-state index is 0.0764. The minimum Gasteiger partial charge on any atom is -0.434 e. The van der Waals surface area contributed by atoms with Crippen LogP contribution in [0.1, 0.15) is 94.0 Å². The van der Waals surface area contributed by atoms with E-state index in [0.717, 1.165) is 77.6 Å². The van der Waals surface area contributed by atoms with Crippen LogP contribution in [0.2, 0.25) is 0 Å². The SMILES string of the molecule is C=Cc1c2[nH]c(c1C)C=c1[nH]c(c(CCC(=O)OC(=O)OCC)c1C)=Cc1[nH]c(c(C)c1CCC(=O)OC(=O)OCC)C=c1[nH]c(c(C)c1C=C)=C2. The van der Waals surface area contributed by atoms with Crippen molar-refractivity contribution in [2.75, 3.05) is 13.2 Å². The van der Waals surface area contributed by atoms with Crippen LogP contribution < -0.4 is 21.4 Å². The third kappa shape index (κ3) is 7.80. The summed E-state index contributed by atoms with van der Waals surface area (Å²) in [4.78, 5) is 63.1. The van der Waals surface area contributed by atoms with Crippen molar-refractivity contribution in [1.82, 2.24) is 19.9 Å². The summed E-state index contributed by atoms with van der Waals surface area (Å²) in [5.74, 6) is -1.42. The first-order chi connectivity index (χ1) is 24.9. The third-order valence-corrected chi connectivity index (χ3v) is 9.28. The lowest BCUT2D eigenvalue weighted by molar-refractivity contribution is -0.140. The average Bonchev–Trinajstić information content (AvgIpc) is 3.75. The highest BCUT2D eigenvalue weighted by Crippen LogP contribution is 2.24. The molecular weight excluding hydrogens is 664 g/mol. The molecule has 8 bridgehead atoms. The fourth-order valence-electron chi connectivity index (χ4n) is 6.50. The van der Waals surface area contributed by atoms with Gasteiger partial charge in [0.15, 0.2) is 0 Å². The van der Waals surface area contributed by atoms with Crippen molar-refractivity contribution in [1.29, 1.82) is 0 Å². The van der Waals surface area contributed by atoms with E-state index in [0.29, 0.717) is 11.0 Å². The Morgan fingerprint density at radius 1 is 0.558 bits per heavy atom. The number of hydrogen-bond donors (Lipinski definition) is 4. The predicted octanol–water partition coefficient (Wildman–Crippen LogP) is 4.41. The van der Waals surface area contributed by atoms with Gasteiger partial charge < -0.3 is 38.9 Å². The molecule has 0 unspecified atom stereocenters. The van der Waals surface area contributed by atoms with Gasteiger partial charge in [-0.05, 0) is 112 Å². The number of carbonyl (C=O) groups excluding carboxylic acids is 4. The first-order valence-corrected chi connectivity index (χ1v) is 17.2. The Bertz CT molecular complexity index is 2340. The zero-order valence-corrected chi connectivity index (χ0v) is 30.4. The first-order valence-electron chi connectivity index (χ1n) is 17.2. The molecule has 1 aliphatic rings. The van der Waals surface area contributed by atoms with Crippen molar-refractivity contribution in [2.24, 2.45) is 0 Å². The molecule has 0 aromatic carbocycles. The number of hydrogen-bond acceptors (Lipinski definition) is 8. The summed E-state index contributed by atoms with van der Waals surface area (Å²) in [6.45, 7) is 19.6. The molecule has 0 spiro atoms. The minimum atomic E-state index is -1.04. The maximum Gasteiger partial charge on any atom is 0.516 e. The Balaban J connectivity index is 1.74. The number of aromatic nitrogens is 4. The normalized spacial score (nSPS) is 11.7. The van der Waals surface area contributed by atoms with Crippen molar-refractivity contribution in [3.05, 3.63) is 102 Å². The quantitative estimate of drug-likeness (QED) is 0.122. The molecule has 0 radical (unpaired) electrons. The molecule has 4 aromatic heterocycles. The van der Waals surface area contributed by atoms with Crippen LogP contribution in [0.3, 0.4) is 0 Å². The van der Waals surface area contributed by atoms with E-state index in [1.165, 1.54) is 0 Å². The Kier molecular flexibility index (Phi) is 11.4. The number of aromatic amines is 4. The van der Waals surface area contributed by atoms with Gasteiger partial charge in [-0.15, -0.1) is 0 Å². The summed E-state index contributed by atoms with van der Waals surface area (Å²) in [6.07, 6.45) is 9.95. The molecule has 5 rings (SSSR count). The maximum absolute atomic E-state index is 12.6. The fraction of sp³-hybridized carbons (Fsp3) is 0.300. The van der Waals surface area contributed by atoms with Gasteiger partial charge in [0.25, 0.3) is 0 Å². The van der Waals surface area contributed by atoms with E-state index in [4.69, 9.17) is 18.9 Å². The molecule has 0 aliphatic carbocycles. The van der Waals surface area contributed by atoms with Crippen molar-refractivity contribution in [3.8, 4) is 0 Å². The lowest BCUT2D eigenvalue weighted by Crippen LogP contribution is -2.17. The van der Waals surface area contributed by atoms with E-state index in [2.05, 4.69) is 39.2 Å². The van der Waals surface area contributed by atoms with Crippen molar-refractivity contribution in [3.63, 3.8) is 0 Å². The van der Waals surface area contributed by atoms with Crippen LogP contribution in [-0.4, -0.2) is 57.4 Å². The van der Waals surface area contributed by atoms with E-state index in [9.17, 15) is 19.2 Å². The largest absolute Gasteiger partial charge is 0.516 e. The van der Waals surface area contributed by atoms with Gasteiger partial charge in [0.1, 0.15) is 0 Å². The van der Waals surface area contributed by atoms with Gasteiger partial charge in [-0.1, -0.05) is 25.3 Å². The third-order valence-electron chi connectivity index (χ3n) is 9.28. The summed E-state index contributed by atoms with van der Waals surface area (Å²) in [5, 5.41) is 3.26. The fourth-order valence-corrected chi connectivity index (χ4v) is 6.50. The van der Waals surface area contributed by atoms with E-state index in [1.54, 1.807) is 13.8 Å². The standard InChI is InChI=1S/C40H44N4O8/c1-9-25-21(5)29-17-30-23(7)27(13-15-37(45)51-39(47)49-11-3)35(43-30)20-36-28(14-16-38(46)52-40(48)50-12-4)24(8)32(44-36)19-34-26(10-2)22(6)31(42-34)18-33(25)41-29/h9-10,17-20,41-44H,1-2,11-16H2,3-8H3. The lowest BCUT2D eigenvalue weighted by atomic mass is 10.0. The van der Waals surface area contributed by atoms with Gasteiger partial charge in [-0.2, -0.15) is 0 Å². The van der Waals surface area contributed by atoms with Gasteiger partial charge in [0.2, 0.25) is 0 Å². The highest BCUT2D eigenvalue weighted by molar-refractivity contribution is 5.83. The first kappa shape index (κ1) is 37.2. The van der Waals surface area contributed by atoms with Crippen LogP contribution in [0.15, 0.2) is 13.2 Å². The van der Waals surface area contributed by atoms with Gasteiger partial charge in [0.05, 0.1) is 26.1 Å². The lowest BCUT2D eigenvalue weighted by Gasteiger charge is -2.05. The zero-order chi connectivity index (χ0) is 37.7. The van der Waals surface area contributed by atoms with E-state index in [1.807, 2.05) is 58.1 Å². The molecule has 12 heteroatoms. The number of carbonyl (C=O) groups is 4. The number of fused-ring (bicyclic) bond motifs is 8. The monoisotopic (exact) mass is 708 g/mol. The van der Waals surface area contributed by atoms with Crippen LogP contribution in [0.25, 0.3) is 36.5 Å². The Hall–Kier alpha value is -6.04. The summed E-state index contributed by atoms with van der Waals surface area (Å²) >= 11 is 0. The van der Waals surface area contributed by atoms with Crippen LogP contribution in [0, 0.1) is 27.7 Å². The average molecular weight is 709 g/mol. The summed E-state index contributed by atoms with van der Waals surface area (Å²) in [6, 6.07) is 0. The van der Waals surface area contributed by atoms with Gasteiger partial charge in [0, 0.05) is 55.3 Å². The smallest absolute Gasteiger partial charge is 0.434 e. The maximum atomic E-state index is 12.6. The molecule has 0 saturated carbocycles. The Morgan fingerprint density at radius 3 is 1.63 bits per heavy atom. The van der Waals surface area contributed by atoms with E-state index >= 15 is 0 Å². The number of H-pyrrole nitrogens is 4. The Morgan fingerprint density at radius 2 is 1.04 bits per heavy atom.